The molecule has 2 fully saturated rings. The van der Waals surface area contributed by atoms with Gasteiger partial charge >= 0.3 is 0 Å². The van der Waals surface area contributed by atoms with Crippen LogP contribution in [0.15, 0.2) is 12.2 Å². The third-order valence-electron chi connectivity index (χ3n) is 4.01. The molecule has 0 radical (unpaired) electrons. The summed E-state index contributed by atoms with van der Waals surface area (Å²) in [7, 11) is 0. The van der Waals surface area contributed by atoms with Gasteiger partial charge in [-0.1, -0.05) is 12.2 Å². The average Bonchev–Trinajstić information content (AvgIpc) is 2.62. The van der Waals surface area contributed by atoms with E-state index < -0.39 is 0 Å². The van der Waals surface area contributed by atoms with Crippen molar-refractivity contribution < 1.29 is 9.53 Å². The minimum atomic E-state index is 0.230. The molecule has 3 aliphatic rings. The van der Waals surface area contributed by atoms with Gasteiger partial charge in [-0.2, -0.15) is 0 Å². The summed E-state index contributed by atoms with van der Waals surface area (Å²) in [5.41, 5.74) is 0.327. The van der Waals surface area contributed by atoms with Crippen molar-refractivity contribution in [3.63, 3.8) is 0 Å². The molecule has 0 aromatic rings. The number of rotatable bonds is 0. The summed E-state index contributed by atoms with van der Waals surface area (Å²) in [4.78, 5) is 11.3. The van der Waals surface area contributed by atoms with E-state index in [1.54, 1.807) is 0 Å². The van der Waals surface area contributed by atoms with Crippen molar-refractivity contribution in [2.75, 3.05) is 6.61 Å². The fraction of sp³-hybridized carbons (Fsp3) is 0.727. The van der Waals surface area contributed by atoms with Crippen LogP contribution in [0.3, 0.4) is 0 Å². The topological polar surface area (TPSA) is 26.3 Å². The van der Waals surface area contributed by atoms with E-state index in [0.29, 0.717) is 23.5 Å². The van der Waals surface area contributed by atoms with Crippen molar-refractivity contribution >= 4 is 5.78 Å². The molecular formula is C11H14O2. The van der Waals surface area contributed by atoms with Crippen molar-refractivity contribution in [1.82, 2.24) is 0 Å². The third-order valence-corrected chi connectivity index (χ3v) is 4.01. The Morgan fingerprint density at radius 1 is 1.54 bits per heavy atom. The van der Waals surface area contributed by atoms with Gasteiger partial charge < -0.3 is 4.74 Å². The summed E-state index contributed by atoms with van der Waals surface area (Å²) >= 11 is 0. The minimum Gasteiger partial charge on any atom is -0.377 e. The molecule has 1 heterocycles. The molecule has 1 aliphatic heterocycles. The molecule has 1 spiro atoms. The van der Waals surface area contributed by atoms with E-state index in [1.165, 1.54) is 0 Å². The molecule has 3 atom stereocenters. The smallest absolute Gasteiger partial charge is 0.135 e. The maximum atomic E-state index is 11.3. The summed E-state index contributed by atoms with van der Waals surface area (Å²) in [6, 6.07) is 0. The van der Waals surface area contributed by atoms with E-state index in [0.717, 1.165) is 25.9 Å². The number of carbonyl (C=O) groups is 1. The molecule has 0 unspecified atom stereocenters. The Balaban J connectivity index is 1.93. The second kappa shape index (κ2) is 2.44. The summed E-state index contributed by atoms with van der Waals surface area (Å²) in [5.74, 6) is 0.994. The van der Waals surface area contributed by atoms with Crippen LogP contribution in [-0.4, -0.2) is 18.5 Å². The minimum absolute atomic E-state index is 0.230. The van der Waals surface area contributed by atoms with Gasteiger partial charge in [-0.25, -0.2) is 0 Å². The van der Waals surface area contributed by atoms with E-state index in [1.807, 2.05) is 0 Å². The molecule has 1 saturated heterocycles. The van der Waals surface area contributed by atoms with Crippen LogP contribution in [-0.2, 0) is 9.53 Å². The molecule has 70 valence electrons. The van der Waals surface area contributed by atoms with Crippen molar-refractivity contribution in [2.45, 2.75) is 31.8 Å². The zero-order valence-corrected chi connectivity index (χ0v) is 7.66. The lowest BCUT2D eigenvalue weighted by Gasteiger charge is -2.37. The number of ketones is 1. The van der Waals surface area contributed by atoms with Gasteiger partial charge in [0.2, 0.25) is 0 Å². The molecule has 13 heavy (non-hydrogen) atoms. The predicted molar refractivity (Wildman–Crippen MR) is 48.3 cm³/mol. The number of Topliss-reactive ketones (excluding diaryl/α,β-unsaturated/α-hetero) is 1. The van der Waals surface area contributed by atoms with Gasteiger partial charge in [0.05, 0.1) is 12.7 Å². The predicted octanol–water partition coefficient (Wildman–Crippen LogP) is 1.70. The van der Waals surface area contributed by atoms with Crippen LogP contribution >= 0.6 is 0 Å². The Bertz CT molecular complexity index is 282. The maximum Gasteiger partial charge on any atom is 0.135 e. The van der Waals surface area contributed by atoms with E-state index in [-0.39, 0.29) is 6.10 Å². The Hall–Kier alpha value is -0.630. The first kappa shape index (κ1) is 7.74. The number of ether oxygens (including phenoxy) is 1. The second-order valence-electron chi connectivity index (χ2n) is 4.54. The van der Waals surface area contributed by atoms with Crippen LogP contribution in [0.4, 0.5) is 0 Å². The SMILES string of the molecule is O=C1CC[C@]23CC=C[C@H]2CO[C@@H]3C1. The van der Waals surface area contributed by atoms with Gasteiger partial charge in [0.15, 0.2) is 0 Å². The molecule has 0 N–H and O–H groups in total. The van der Waals surface area contributed by atoms with Crippen molar-refractivity contribution in [3.8, 4) is 0 Å². The first-order chi connectivity index (χ1) is 6.31. The quantitative estimate of drug-likeness (QED) is 0.528. The molecule has 2 aliphatic carbocycles. The number of carbonyl (C=O) groups excluding carboxylic acids is 1. The van der Waals surface area contributed by atoms with Crippen LogP contribution in [0.2, 0.25) is 0 Å². The standard InChI is InChI=1S/C11H14O2/c12-9-3-5-11-4-1-2-8(11)7-13-10(11)6-9/h1-2,8,10H,3-7H2/t8-,10+,11+/m0/s1. The van der Waals surface area contributed by atoms with Crippen LogP contribution < -0.4 is 0 Å². The zero-order chi connectivity index (χ0) is 8.89. The molecule has 0 bridgehead atoms. The maximum absolute atomic E-state index is 11.3. The Morgan fingerprint density at radius 3 is 3.38 bits per heavy atom. The molecule has 0 aromatic heterocycles. The Morgan fingerprint density at radius 2 is 2.46 bits per heavy atom. The highest BCUT2D eigenvalue weighted by molar-refractivity contribution is 5.80. The summed E-state index contributed by atoms with van der Waals surface area (Å²) in [6.45, 7) is 0.842. The van der Waals surface area contributed by atoms with Crippen molar-refractivity contribution in [2.24, 2.45) is 11.3 Å². The van der Waals surface area contributed by atoms with Gasteiger partial charge in [-0.05, 0) is 12.8 Å². The van der Waals surface area contributed by atoms with E-state index in [2.05, 4.69) is 12.2 Å². The highest BCUT2D eigenvalue weighted by Gasteiger charge is 2.53. The van der Waals surface area contributed by atoms with E-state index in [9.17, 15) is 4.79 Å². The summed E-state index contributed by atoms with van der Waals surface area (Å²) in [6.07, 6.45) is 8.42. The normalized spacial score (nSPS) is 47.8. The zero-order valence-electron chi connectivity index (χ0n) is 7.66. The summed E-state index contributed by atoms with van der Waals surface area (Å²) in [5, 5.41) is 0. The highest BCUT2D eigenvalue weighted by atomic mass is 16.5. The number of hydrogen-bond acceptors (Lipinski definition) is 2. The Kier molecular flexibility index (Phi) is 1.46. The first-order valence-electron chi connectivity index (χ1n) is 5.11. The van der Waals surface area contributed by atoms with Crippen LogP contribution in [0.25, 0.3) is 0 Å². The molecule has 1 saturated carbocycles. The number of hydrogen-bond donors (Lipinski definition) is 0. The van der Waals surface area contributed by atoms with Crippen LogP contribution in [0, 0.1) is 11.3 Å². The summed E-state index contributed by atoms with van der Waals surface area (Å²) < 4.78 is 5.71. The highest BCUT2D eigenvalue weighted by Crippen LogP contribution is 2.54. The second-order valence-corrected chi connectivity index (χ2v) is 4.54. The van der Waals surface area contributed by atoms with Crippen LogP contribution in [0.1, 0.15) is 25.7 Å². The van der Waals surface area contributed by atoms with Gasteiger partial charge in [0, 0.05) is 24.2 Å². The van der Waals surface area contributed by atoms with Gasteiger partial charge in [0.25, 0.3) is 0 Å². The van der Waals surface area contributed by atoms with Gasteiger partial charge in [0.1, 0.15) is 5.78 Å². The molecule has 3 rings (SSSR count). The fourth-order valence-electron chi connectivity index (χ4n) is 3.16. The first-order valence-corrected chi connectivity index (χ1v) is 5.11. The molecule has 2 heteroatoms. The number of allylic oxidation sites excluding steroid dienone is 1. The van der Waals surface area contributed by atoms with Crippen LogP contribution in [0.5, 0.6) is 0 Å². The monoisotopic (exact) mass is 178 g/mol. The van der Waals surface area contributed by atoms with Crippen molar-refractivity contribution in [3.05, 3.63) is 12.2 Å². The Labute approximate surface area is 78.0 Å². The average molecular weight is 178 g/mol. The lowest BCUT2D eigenvalue weighted by molar-refractivity contribution is -0.127. The van der Waals surface area contributed by atoms with Gasteiger partial charge in [-0.3, -0.25) is 4.79 Å². The largest absolute Gasteiger partial charge is 0.377 e. The lowest BCUT2D eigenvalue weighted by atomic mass is 9.67. The molecular weight excluding hydrogens is 164 g/mol. The molecule has 2 nitrogen and oxygen atoms in total. The third kappa shape index (κ3) is 0.896. The molecule has 0 amide bonds. The van der Waals surface area contributed by atoms with Gasteiger partial charge in [-0.15, -0.1) is 0 Å². The van der Waals surface area contributed by atoms with E-state index >= 15 is 0 Å². The van der Waals surface area contributed by atoms with E-state index in [4.69, 9.17) is 4.74 Å². The molecule has 0 aromatic carbocycles. The fourth-order valence-corrected chi connectivity index (χ4v) is 3.16. The van der Waals surface area contributed by atoms with Crippen molar-refractivity contribution in [1.29, 1.82) is 0 Å². The lowest BCUT2D eigenvalue weighted by Crippen LogP contribution is -2.39.